The highest BCUT2D eigenvalue weighted by Crippen LogP contribution is 2.37. The van der Waals surface area contributed by atoms with Crippen molar-refractivity contribution in [2.24, 2.45) is 0 Å². The molecule has 1 atom stereocenters. The summed E-state index contributed by atoms with van der Waals surface area (Å²) in [6.45, 7) is 1.66. The van der Waals surface area contributed by atoms with Gasteiger partial charge >= 0.3 is 0 Å². The summed E-state index contributed by atoms with van der Waals surface area (Å²) >= 11 is 0. The maximum absolute atomic E-state index is 12.2. The molecule has 2 N–H and O–H groups in total. The first kappa shape index (κ1) is 12.2. The van der Waals surface area contributed by atoms with Gasteiger partial charge in [0, 0.05) is 24.7 Å². The van der Waals surface area contributed by atoms with Gasteiger partial charge in [0.15, 0.2) is 0 Å². The molecule has 102 valence electrons. The van der Waals surface area contributed by atoms with Gasteiger partial charge in [-0.25, -0.2) is 0 Å². The van der Waals surface area contributed by atoms with Gasteiger partial charge in [-0.2, -0.15) is 0 Å². The van der Waals surface area contributed by atoms with Gasteiger partial charge in [0.2, 0.25) is 0 Å². The molecule has 0 aromatic carbocycles. The van der Waals surface area contributed by atoms with Crippen molar-refractivity contribution >= 4 is 11.6 Å². The molecule has 1 saturated heterocycles. The van der Waals surface area contributed by atoms with Crippen molar-refractivity contribution < 1.29 is 9.72 Å². The van der Waals surface area contributed by atoms with Crippen molar-refractivity contribution in [1.82, 2.24) is 15.2 Å². The molecule has 2 aliphatic rings. The van der Waals surface area contributed by atoms with Crippen LogP contribution in [0.5, 0.6) is 0 Å². The minimum atomic E-state index is -0.452. The minimum Gasteiger partial charge on any atom is -0.347 e. The summed E-state index contributed by atoms with van der Waals surface area (Å²) in [5, 5.41) is 16.9. The van der Waals surface area contributed by atoms with Crippen LogP contribution in [0.3, 0.4) is 0 Å². The average Bonchev–Trinajstić information content (AvgIpc) is 2.92. The molecule has 3 rings (SSSR count). The van der Waals surface area contributed by atoms with Gasteiger partial charge in [0.1, 0.15) is 5.69 Å². The predicted molar refractivity (Wildman–Crippen MR) is 68.1 cm³/mol. The van der Waals surface area contributed by atoms with Crippen molar-refractivity contribution in [1.29, 1.82) is 0 Å². The molecule has 1 aliphatic carbocycles. The molecule has 1 amide bonds. The van der Waals surface area contributed by atoms with E-state index in [1.807, 2.05) is 0 Å². The zero-order valence-corrected chi connectivity index (χ0v) is 10.5. The van der Waals surface area contributed by atoms with Crippen LogP contribution in [0.1, 0.15) is 35.8 Å². The summed E-state index contributed by atoms with van der Waals surface area (Å²) in [6.07, 6.45) is 4.34. The van der Waals surface area contributed by atoms with Crippen LogP contribution >= 0.6 is 0 Å². The largest absolute Gasteiger partial charge is 0.347 e. The number of nitrogens with zero attached hydrogens (tertiary/aromatic N) is 2. The fraction of sp³-hybridized carbons (Fsp3) is 0.583. The number of hydrogen-bond donors (Lipinski definition) is 2. The van der Waals surface area contributed by atoms with Gasteiger partial charge in [0.25, 0.3) is 11.6 Å². The third kappa shape index (κ3) is 2.46. The minimum absolute atomic E-state index is 0.0124. The highest BCUT2D eigenvalue weighted by atomic mass is 16.6. The second kappa shape index (κ2) is 4.65. The SMILES string of the molecule is O=C(NC1CCNC1)c1cc([N+](=O)[O-])cn1C1CC1. The Morgan fingerprint density at radius 3 is 2.84 bits per heavy atom. The Bertz CT molecular complexity index is 515. The molecule has 2 fully saturated rings. The molecule has 0 bridgehead atoms. The molecule has 19 heavy (non-hydrogen) atoms. The summed E-state index contributed by atoms with van der Waals surface area (Å²) in [6, 6.07) is 1.74. The van der Waals surface area contributed by atoms with E-state index < -0.39 is 4.92 Å². The van der Waals surface area contributed by atoms with Gasteiger partial charge in [0.05, 0.1) is 11.1 Å². The third-order valence-corrected chi connectivity index (χ3v) is 3.61. The lowest BCUT2D eigenvalue weighted by atomic mass is 10.2. The second-order valence-corrected chi connectivity index (χ2v) is 5.14. The Morgan fingerprint density at radius 2 is 2.26 bits per heavy atom. The smallest absolute Gasteiger partial charge is 0.287 e. The Morgan fingerprint density at radius 1 is 1.47 bits per heavy atom. The maximum atomic E-state index is 12.2. The van der Waals surface area contributed by atoms with Gasteiger partial charge in [-0.1, -0.05) is 0 Å². The fourth-order valence-corrected chi connectivity index (χ4v) is 2.44. The van der Waals surface area contributed by atoms with Crippen molar-refractivity contribution in [2.75, 3.05) is 13.1 Å². The second-order valence-electron chi connectivity index (χ2n) is 5.14. The molecule has 2 heterocycles. The summed E-state index contributed by atoms with van der Waals surface area (Å²) in [5.74, 6) is -0.214. The van der Waals surface area contributed by atoms with E-state index in [0.29, 0.717) is 5.69 Å². The van der Waals surface area contributed by atoms with E-state index in [-0.39, 0.29) is 23.7 Å². The first-order valence-corrected chi connectivity index (χ1v) is 6.53. The summed E-state index contributed by atoms with van der Waals surface area (Å²) in [4.78, 5) is 22.6. The van der Waals surface area contributed by atoms with Crippen LogP contribution in [0.4, 0.5) is 5.69 Å². The molecule has 0 radical (unpaired) electrons. The molecule has 1 saturated carbocycles. The molecule has 1 aliphatic heterocycles. The molecule has 7 nitrogen and oxygen atoms in total. The van der Waals surface area contributed by atoms with Crippen molar-refractivity contribution in [2.45, 2.75) is 31.3 Å². The quantitative estimate of drug-likeness (QED) is 0.622. The first-order valence-electron chi connectivity index (χ1n) is 6.53. The Hall–Kier alpha value is -1.89. The first-order chi connectivity index (χ1) is 9.15. The van der Waals surface area contributed by atoms with Gasteiger partial charge in [-0.3, -0.25) is 14.9 Å². The Balaban J connectivity index is 1.81. The molecule has 1 unspecified atom stereocenters. The summed E-state index contributed by atoms with van der Waals surface area (Å²) in [5.41, 5.74) is 0.391. The number of nitro groups is 1. The van der Waals surface area contributed by atoms with Gasteiger partial charge in [-0.05, 0) is 25.8 Å². The molecule has 7 heteroatoms. The molecular weight excluding hydrogens is 248 g/mol. The Kier molecular flexibility index (Phi) is 2.98. The van der Waals surface area contributed by atoms with E-state index in [0.717, 1.165) is 32.4 Å². The average molecular weight is 264 g/mol. The van der Waals surface area contributed by atoms with Crippen LogP contribution in [0.2, 0.25) is 0 Å². The standard InChI is InChI=1S/C12H16N4O3/c17-12(14-8-3-4-13-6-8)11-5-10(16(18)19)7-15(11)9-1-2-9/h5,7-9,13H,1-4,6H2,(H,14,17). The Labute approximate surface area is 110 Å². The lowest BCUT2D eigenvalue weighted by molar-refractivity contribution is -0.384. The number of carbonyl (C=O) groups excluding carboxylic acids is 1. The third-order valence-electron chi connectivity index (χ3n) is 3.61. The van der Waals surface area contributed by atoms with Crippen LogP contribution in [-0.4, -0.2) is 34.5 Å². The van der Waals surface area contributed by atoms with Crippen LogP contribution in [0.15, 0.2) is 12.3 Å². The van der Waals surface area contributed by atoms with E-state index in [4.69, 9.17) is 0 Å². The number of nitrogens with one attached hydrogen (secondary N) is 2. The van der Waals surface area contributed by atoms with Crippen LogP contribution in [0, 0.1) is 10.1 Å². The van der Waals surface area contributed by atoms with E-state index in [1.165, 1.54) is 12.3 Å². The van der Waals surface area contributed by atoms with Crippen molar-refractivity contribution in [3.63, 3.8) is 0 Å². The summed E-state index contributed by atoms with van der Waals surface area (Å²) in [7, 11) is 0. The zero-order chi connectivity index (χ0) is 13.4. The zero-order valence-electron chi connectivity index (χ0n) is 10.5. The van der Waals surface area contributed by atoms with Crippen LogP contribution in [-0.2, 0) is 0 Å². The van der Waals surface area contributed by atoms with Crippen LogP contribution < -0.4 is 10.6 Å². The molecule has 1 aromatic heterocycles. The van der Waals surface area contributed by atoms with Crippen molar-refractivity contribution in [3.8, 4) is 0 Å². The lowest BCUT2D eigenvalue weighted by Crippen LogP contribution is -2.37. The highest BCUT2D eigenvalue weighted by Gasteiger charge is 2.31. The number of rotatable bonds is 4. The fourth-order valence-electron chi connectivity index (χ4n) is 2.44. The van der Waals surface area contributed by atoms with E-state index in [9.17, 15) is 14.9 Å². The van der Waals surface area contributed by atoms with Crippen molar-refractivity contribution in [3.05, 3.63) is 28.1 Å². The number of hydrogen-bond acceptors (Lipinski definition) is 4. The van der Waals surface area contributed by atoms with Gasteiger partial charge in [-0.15, -0.1) is 0 Å². The number of amides is 1. The molecular formula is C12H16N4O3. The number of aromatic nitrogens is 1. The van der Waals surface area contributed by atoms with Crippen LogP contribution in [0.25, 0.3) is 0 Å². The van der Waals surface area contributed by atoms with E-state index >= 15 is 0 Å². The molecule has 1 aromatic rings. The topological polar surface area (TPSA) is 89.2 Å². The monoisotopic (exact) mass is 264 g/mol. The number of carbonyl (C=O) groups is 1. The lowest BCUT2D eigenvalue weighted by Gasteiger charge is -2.12. The van der Waals surface area contributed by atoms with Gasteiger partial charge < -0.3 is 15.2 Å². The highest BCUT2D eigenvalue weighted by molar-refractivity contribution is 5.93. The normalized spacial score (nSPS) is 22.4. The van der Waals surface area contributed by atoms with E-state index in [2.05, 4.69) is 10.6 Å². The summed E-state index contributed by atoms with van der Waals surface area (Å²) < 4.78 is 1.75. The molecule has 0 spiro atoms. The maximum Gasteiger partial charge on any atom is 0.287 e. The predicted octanol–water partition coefficient (Wildman–Crippen LogP) is 0.823. The van der Waals surface area contributed by atoms with E-state index in [1.54, 1.807) is 4.57 Å².